The van der Waals surface area contributed by atoms with Crippen LogP contribution in [0.1, 0.15) is 22.4 Å². The minimum Gasteiger partial charge on any atom is -0.491 e. The summed E-state index contributed by atoms with van der Waals surface area (Å²) in [6, 6.07) is 9.26. The highest BCUT2D eigenvalue weighted by Gasteiger charge is 2.07. The van der Waals surface area contributed by atoms with E-state index in [9.17, 15) is 9.59 Å². The number of carbonyl (C=O) groups is 1. The van der Waals surface area contributed by atoms with Crippen LogP contribution in [0.5, 0.6) is 5.75 Å². The molecule has 0 aliphatic rings. The van der Waals surface area contributed by atoms with Crippen molar-refractivity contribution < 1.29 is 9.53 Å². The SMILES string of the molecule is Cc1cc(C)c(CNC(=O)NCCOc2ccccc2C)c(=O)[nH]1. The Morgan fingerprint density at radius 3 is 2.58 bits per heavy atom. The first-order chi connectivity index (χ1) is 11.5. The number of pyridine rings is 1. The maximum absolute atomic E-state index is 11.9. The van der Waals surface area contributed by atoms with Gasteiger partial charge in [-0.1, -0.05) is 18.2 Å². The van der Waals surface area contributed by atoms with Gasteiger partial charge in [0.05, 0.1) is 13.1 Å². The van der Waals surface area contributed by atoms with Crippen LogP contribution in [0.3, 0.4) is 0 Å². The van der Waals surface area contributed by atoms with Gasteiger partial charge in [-0.3, -0.25) is 4.79 Å². The van der Waals surface area contributed by atoms with Crippen molar-refractivity contribution in [1.82, 2.24) is 15.6 Å². The van der Waals surface area contributed by atoms with Gasteiger partial charge < -0.3 is 20.4 Å². The van der Waals surface area contributed by atoms with Gasteiger partial charge in [0, 0.05) is 11.3 Å². The molecule has 0 radical (unpaired) electrons. The average molecular weight is 329 g/mol. The summed E-state index contributed by atoms with van der Waals surface area (Å²) in [4.78, 5) is 26.4. The van der Waals surface area contributed by atoms with Crippen LogP contribution in [-0.2, 0) is 6.54 Å². The van der Waals surface area contributed by atoms with Gasteiger partial charge in [0.1, 0.15) is 12.4 Å². The number of benzene rings is 1. The zero-order valence-corrected chi connectivity index (χ0v) is 14.2. The molecular weight excluding hydrogens is 306 g/mol. The Balaban J connectivity index is 1.74. The molecule has 1 aromatic carbocycles. The van der Waals surface area contributed by atoms with E-state index in [-0.39, 0.29) is 18.1 Å². The average Bonchev–Trinajstić information content (AvgIpc) is 2.52. The first kappa shape index (κ1) is 17.6. The molecule has 2 aromatic rings. The number of aryl methyl sites for hydroxylation is 3. The van der Waals surface area contributed by atoms with Gasteiger partial charge >= 0.3 is 6.03 Å². The molecule has 0 fully saturated rings. The van der Waals surface area contributed by atoms with Crippen molar-refractivity contribution in [3.8, 4) is 5.75 Å². The zero-order valence-electron chi connectivity index (χ0n) is 14.2. The van der Waals surface area contributed by atoms with Crippen molar-refractivity contribution in [2.24, 2.45) is 0 Å². The van der Waals surface area contributed by atoms with Crippen LogP contribution in [0.4, 0.5) is 4.79 Å². The topological polar surface area (TPSA) is 83.2 Å². The van der Waals surface area contributed by atoms with E-state index >= 15 is 0 Å². The maximum Gasteiger partial charge on any atom is 0.315 e. The third kappa shape index (κ3) is 4.87. The predicted octanol–water partition coefficient (Wildman–Crippen LogP) is 2.18. The standard InChI is InChI=1S/C18H23N3O3/c1-12-6-4-5-7-16(12)24-9-8-19-18(23)20-11-15-13(2)10-14(3)21-17(15)22/h4-7,10H,8-9,11H2,1-3H3,(H,21,22)(H2,19,20,23). The number of H-pyrrole nitrogens is 1. The molecule has 0 aliphatic heterocycles. The van der Waals surface area contributed by atoms with Crippen molar-refractivity contribution in [3.05, 3.63) is 63.1 Å². The Morgan fingerprint density at radius 1 is 1.12 bits per heavy atom. The van der Waals surface area contributed by atoms with Gasteiger partial charge in [-0.2, -0.15) is 0 Å². The van der Waals surface area contributed by atoms with Crippen molar-refractivity contribution in [2.45, 2.75) is 27.3 Å². The van der Waals surface area contributed by atoms with E-state index in [1.807, 2.05) is 51.1 Å². The van der Waals surface area contributed by atoms with Crippen LogP contribution >= 0.6 is 0 Å². The van der Waals surface area contributed by atoms with Crippen LogP contribution in [0, 0.1) is 20.8 Å². The minimum atomic E-state index is -0.331. The van der Waals surface area contributed by atoms with Crippen LogP contribution in [0.2, 0.25) is 0 Å². The fourth-order valence-corrected chi connectivity index (χ4v) is 2.38. The Hall–Kier alpha value is -2.76. The van der Waals surface area contributed by atoms with Crippen LogP contribution in [0.15, 0.2) is 35.1 Å². The number of nitrogens with one attached hydrogen (secondary N) is 3. The molecule has 0 atom stereocenters. The lowest BCUT2D eigenvalue weighted by atomic mass is 10.1. The van der Waals surface area contributed by atoms with Crippen LogP contribution < -0.4 is 20.9 Å². The third-order valence-corrected chi connectivity index (χ3v) is 3.66. The molecule has 0 saturated heterocycles. The van der Waals surface area contributed by atoms with Gasteiger partial charge in [-0.05, 0) is 44.0 Å². The second kappa shape index (κ2) is 8.19. The molecule has 2 amide bonds. The number of hydrogen-bond acceptors (Lipinski definition) is 3. The third-order valence-electron chi connectivity index (χ3n) is 3.66. The summed E-state index contributed by atoms with van der Waals surface area (Å²) >= 11 is 0. The highest BCUT2D eigenvalue weighted by atomic mass is 16.5. The fraction of sp³-hybridized carbons (Fsp3) is 0.333. The van der Waals surface area contributed by atoms with Gasteiger partial charge in [-0.25, -0.2) is 4.79 Å². The van der Waals surface area contributed by atoms with Gasteiger partial charge in [0.15, 0.2) is 0 Å². The Morgan fingerprint density at radius 2 is 1.88 bits per heavy atom. The van der Waals surface area contributed by atoms with Crippen molar-refractivity contribution >= 4 is 6.03 Å². The van der Waals surface area contributed by atoms with E-state index in [0.29, 0.717) is 18.7 Å². The number of aromatic amines is 1. The molecule has 3 N–H and O–H groups in total. The quantitative estimate of drug-likeness (QED) is 0.710. The molecule has 6 nitrogen and oxygen atoms in total. The molecule has 0 bridgehead atoms. The summed E-state index contributed by atoms with van der Waals surface area (Å²) in [6.45, 7) is 6.59. The van der Waals surface area contributed by atoms with Crippen LogP contribution in [0.25, 0.3) is 0 Å². The number of urea groups is 1. The molecule has 0 unspecified atom stereocenters. The van der Waals surface area contributed by atoms with E-state index in [2.05, 4.69) is 15.6 Å². The number of ether oxygens (including phenoxy) is 1. The maximum atomic E-state index is 11.9. The lowest BCUT2D eigenvalue weighted by Crippen LogP contribution is -2.38. The van der Waals surface area contributed by atoms with Crippen LogP contribution in [-0.4, -0.2) is 24.2 Å². The summed E-state index contributed by atoms with van der Waals surface area (Å²) in [6.07, 6.45) is 0. The molecular formula is C18H23N3O3. The molecule has 24 heavy (non-hydrogen) atoms. The summed E-state index contributed by atoms with van der Waals surface area (Å²) in [5.74, 6) is 0.807. The number of rotatable bonds is 6. The Kier molecular flexibility index (Phi) is 6.01. The second-order valence-corrected chi connectivity index (χ2v) is 5.67. The minimum absolute atomic E-state index is 0.171. The highest BCUT2D eigenvalue weighted by molar-refractivity contribution is 5.73. The van der Waals surface area contributed by atoms with Crippen molar-refractivity contribution in [1.29, 1.82) is 0 Å². The Labute approximate surface area is 141 Å². The monoisotopic (exact) mass is 329 g/mol. The number of carbonyl (C=O) groups excluding carboxylic acids is 1. The summed E-state index contributed by atoms with van der Waals surface area (Å²) in [5.41, 5.74) is 3.11. The summed E-state index contributed by atoms with van der Waals surface area (Å²) in [7, 11) is 0. The van der Waals surface area contributed by atoms with Gasteiger partial charge in [-0.15, -0.1) is 0 Å². The first-order valence-electron chi connectivity index (χ1n) is 7.87. The molecule has 128 valence electrons. The first-order valence-corrected chi connectivity index (χ1v) is 7.87. The van der Waals surface area contributed by atoms with Gasteiger partial charge in [0.25, 0.3) is 5.56 Å². The smallest absolute Gasteiger partial charge is 0.315 e. The second-order valence-electron chi connectivity index (χ2n) is 5.67. The largest absolute Gasteiger partial charge is 0.491 e. The molecule has 0 saturated carbocycles. The number of amides is 2. The predicted molar refractivity (Wildman–Crippen MR) is 93.4 cm³/mol. The summed E-state index contributed by atoms with van der Waals surface area (Å²) in [5, 5.41) is 5.39. The number of para-hydroxylation sites is 1. The summed E-state index contributed by atoms with van der Waals surface area (Å²) < 4.78 is 5.60. The normalized spacial score (nSPS) is 10.3. The molecule has 1 aromatic heterocycles. The van der Waals surface area contributed by atoms with Gasteiger partial charge in [0.2, 0.25) is 0 Å². The number of aromatic nitrogens is 1. The molecule has 1 heterocycles. The number of hydrogen-bond donors (Lipinski definition) is 3. The molecule has 2 rings (SSSR count). The Bertz CT molecular complexity index is 768. The van der Waals surface area contributed by atoms with E-state index in [1.165, 1.54) is 0 Å². The highest BCUT2D eigenvalue weighted by Crippen LogP contribution is 2.15. The van der Waals surface area contributed by atoms with E-state index in [0.717, 1.165) is 22.6 Å². The van der Waals surface area contributed by atoms with E-state index in [1.54, 1.807) is 0 Å². The molecule has 0 spiro atoms. The molecule has 0 aliphatic carbocycles. The van der Waals surface area contributed by atoms with E-state index in [4.69, 9.17) is 4.74 Å². The van der Waals surface area contributed by atoms with E-state index < -0.39 is 0 Å². The fourth-order valence-electron chi connectivity index (χ4n) is 2.38. The lowest BCUT2D eigenvalue weighted by Gasteiger charge is -2.11. The zero-order chi connectivity index (χ0) is 17.5. The lowest BCUT2D eigenvalue weighted by molar-refractivity contribution is 0.236. The van der Waals surface area contributed by atoms with Crippen molar-refractivity contribution in [3.63, 3.8) is 0 Å². The molecule has 6 heteroatoms. The van der Waals surface area contributed by atoms with Crippen molar-refractivity contribution in [2.75, 3.05) is 13.2 Å².